The molecule has 22 heavy (non-hydrogen) atoms. The molecular weight excluding hydrogens is 298 g/mol. The first-order chi connectivity index (χ1) is 10.6. The maximum absolute atomic E-state index is 12.0. The van der Waals surface area contributed by atoms with Crippen LogP contribution in [0.5, 0.6) is 0 Å². The number of anilines is 2. The topological polar surface area (TPSA) is 82.7 Å². The summed E-state index contributed by atoms with van der Waals surface area (Å²) in [5.41, 5.74) is 0.714. The SMILES string of the molecule is CC(C#N)CSc1ccccc1NC(=O)Nc1ccn(C)n1. The van der Waals surface area contributed by atoms with E-state index in [1.807, 2.05) is 31.2 Å². The number of para-hydroxylation sites is 1. The third kappa shape index (κ3) is 4.53. The Morgan fingerprint density at radius 1 is 1.41 bits per heavy atom. The average Bonchev–Trinajstić information content (AvgIpc) is 2.90. The summed E-state index contributed by atoms with van der Waals surface area (Å²) in [6.07, 6.45) is 1.75. The van der Waals surface area contributed by atoms with Gasteiger partial charge in [-0.25, -0.2) is 4.79 Å². The van der Waals surface area contributed by atoms with E-state index in [1.54, 1.807) is 35.8 Å². The summed E-state index contributed by atoms with van der Waals surface area (Å²) in [4.78, 5) is 12.9. The number of nitrogens with zero attached hydrogens (tertiary/aromatic N) is 3. The average molecular weight is 315 g/mol. The lowest BCUT2D eigenvalue weighted by Gasteiger charge is -2.11. The molecule has 0 fully saturated rings. The van der Waals surface area contributed by atoms with Crippen molar-refractivity contribution in [2.45, 2.75) is 11.8 Å². The van der Waals surface area contributed by atoms with Crippen molar-refractivity contribution in [1.82, 2.24) is 9.78 Å². The molecular formula is C15H17N5OS. The van der Waals surface area contributed by atoms with Crippen LogP contribution in [0.1, 0.15) is 6.92 Å². The van der Waals surface area contributed by atoms with Gasteiger partial charge in [-0.2, -0.15) is 10.4 Å². The van der Waals surface area contributed by atoms with Gasteiger partial charge >= 0.3 is 6.03 Å². The minimum atomic E-state index is -0.347. The third-order valence-electron chi connectivity index (χ3n) is 2.80. The highest BCUT2D eigenvalue weighted by Gasteiger charge is 2.09. The second kappa shape index (κ2) is 7.52. The Morgan fingerprint density at radius 2 is 2.18 bits per heavy atom. The summed E-state index contributed by atoms with van der Waals surface area (Å²) in [7, 11) is 1.78. The number of nitriles is 1. The molecule has 0 saturated heterocycles. The molecule has 2 rings (SSSR count). The maximum atomic E-state index is 12.0. The number of urea groups is 1. The number of rotatable bonds is 5. The number of thioether (sulfide) groups is 1. The Hall–Kier alpha value is -2.46. The van der Waals surface area contributed by atoms with E-state index in [9.17, 15) is 4.79 Å². The number of carbonyl (C=O) groups is 1. The van der Waals surface area contributed by atoms with Crippen LogP contribution >= 0.6 is 11.8 Å². The van der Waals surface area contributed by atoms with Crippen LogP contribution in [0.25, 0.3) is 0 Å². The summed E-state index contributed by atoms with van der Waals surface area (Å²) in [5, 5.41) is 18.4. The molecule has 1 aromatic heterocycles. The zero-order valence-electron chi connectivity index (χ0n) is 12.4. The predicted octanol–water partition coefficient (Wildman–Crippen LogP) is 3.32. The quantitative estimate of drug-likeness (QED) is 0.829. The number of hydrogen-bond donors (Lipinski definition) is 2. The van der Waals surface area contributed by atoms with Crippen molar-refractivity contribution in [2.24, 2.45) is 13.0 Å². The standard InChI is InChI=1S/C15H17N5OS/c1-11(9-16)10-22-13-6-4-3-5-12(13)17-15(21)18-14-7-8-20(2)19-14/h3-8,11H,10H2,1-2H3,(H2,17,18,19,21). The third-order valence-corrected chi connectivity index (χ3v) is 4.13. The van der Waals surface area contributed by atoms with E-state index >= 15 is 0 Å². The second-order valence-electron chi connectivity index (χ2n) is 4.79. The van der Waals surface area contributed by atoms with Crippen LogP contribution in [0.4, 0.5) is 16.3 Å². The maximum Gasteiger partial charge on any atom is 0.324 e. The summed E-state index contributed by atoms with van der Waals surface area (Å²) in [6, 6.07) is 11.1. The largest absolute Gasteiger partial charge is 0.324 e. The molecule has 0 aliphatic heterocycles. The van der Waals surface area contributed by atoms with E-state index in [2.05, 4.69) is 21.8 Å². The Kier molecular flexibility index (Phi) is 5.44. The Bertz CT molecular complexity index is 691. The molecule has 0 radical (unpaired) electrons. The first-order valence-electron chi connectivity index (χ1n) is 6.77. The number of hydrogen-bond acceptors (Lipinski definition) is 4. The van der Waals surface area contributed by atoms with E-state index in [-0.39, 0.29) is 11.9 Å². The Labute approximate surface area is 133 Å². The van der Waals surface area contributed by atoms with Gasteiger partial charge in [-0.15, -0.1) is 11.8 Å². The zero-order chi connectivity index (χ0) is 15.9. The first kappa shape index (κ1) is 15.9. The lowest BCUT2D eigenvalue weighted by molar-refractivity contribution is 0.262. The van der Waals surface area contributed by atoms with Crippen molar-refractivity contribution in [3.63, 3.8) is 0 Å². The van der Waals surface area contributed by atoms with Crippen LogP contribution in [-0.2, 0) is 7.05 Å². The Morgan fingerprint density at radius 3 is 2.86 bits per heavy atom. The summed E-state index contributed by atoms with van der Waals surface area (Å²) in [5.74, 6) is 1.13. The lowest BCUT2D eigenvalue weighted by Crippen LogP contribution is -2.20. The molecule has 0 aliphatic rings. The molecule has 114 valence electrons. The molecule has 0 saturated carbocycles. The molecule has 1 heterocycles. The minimum Gasteiger partial charge on any atom is -0.307 e. The van der Waals surface area contributed by atoms with Crippen LogP contribution in [0, 0.1) is 17.2 Å². The number of carbonyl (C=O) groups excluding carboxylic acids is 1. The van der Waals surface area contributed by atoms with Gasteiger partial charge in [-0.1, -0.05) is 12.1 Å². The number of nitrogens with one attached hydrogen (secondary N) is 2. The monoisotopic (exact) mass is 315 g/mol. The first-order valence-corrected chi connectivity index (χ1v) is 7.76. The highest BCUT2D eigenvalue weighted by atomic mass is 32.2. The zero-order valence-corrected chi connectivity index (χ0v) is 13.2. The van der Waals surface area contributed by atoms with E-state index in [4.69, 9.17) is 5.26 Å². The summed E-state index contributed by atoms with van der Waals surface area (Å²) < 4.78 is 1.61. The molecule has 6 nitrogen and oxygen atoms in total. The van der Waals surface area contributed by atoms with Gasteiger partial charge in [0.25, 0.3) is 0 Å². The normalized spacial score (nSPS) is 11.5. The molecule has 1 unspecified atom stereocenters. The fourth-order valence-corrected chi connectivity index (χ4v) is 2.65. The van der Waals surface area contributed by atoms with Gasteiger partial charge in [0, 0.05) is 30.0 Å². The van der Waals surface area contributed by atoms with Gasteiger partial charge in [0.2, 0.25) is 0 Å². The fourth-order valence-electron chi connectivity index (χ4n) is 1.70. The van der Waals surface area contributed by atoms with Crippen molar-refractivity contribution in [3.8, 4) is 6.07 Å². The van der Waals surface area contributed by atoms with Gasteiger partial charge in [0.15, 0.2) is 5.82 Å². The van der Waals surface area contributed by atoms with Gasteiger partial charge in [0.1, 0.15) is 0 Å². The van der Waals surface area contributed by atoms with E-state index < -0.39 is 0 Å². The van der Waals surface area contributed by atoms with Crippen molar-refractivity contribution >= 4 is 29.3 Å². The van der Waals surface area contributed by atoms with Crippen molar-refractivity contribution < 1.29 is 4.79 Å². The van der Waals surface area contributed by atoms with E-state index in [0.29, 0.717) is 17.3 Å². The van der Waals surface area contributed by atoms with Crippen LogP contribution in [0.3, 0.4) is 0 Å². The van der Waals surface area contributed by atoms with Crippen LogP contribution in [-0.4, -0.2) is 21.6 Å². The molecule has 0 aliphatic carbocycles. The van der Waals surface area contributed by atoms with Gasteiger partial charge in [-0.3, -0.25) is 10.00 Å². The number of aryl methyl sites for hydroxylation is 1. The van der Waals surface area contributed by atoms with E-state index in [0.717, 1.165) is 4.90 Å². The summed E-state index contributed by atoms with van der Waals surface area (Å²) in [6.45, 7) is 1.87. The number of aromatic nitrogens is 2. The second-order valence-corrected chi connectivity index (χ2v) is 5.85. The highest BCUT2D eigenvalue weighted by Crippen LogP contribution is 2.28. The van der Waals surface area contributed by atoms with E-state index in [1.165, 1.54) is 0 Å². The van der Waals surface area contributed by atoms with Crippen molar-refractivity contribution in [1.29, 1.82) is 5.26 Å². The highest BCUT2D eigenvalue weighted by molar-refractivity contribution is 7.99. The van der Waals surface area contributed by atoms with Crippen LogP contribution < -0.4 is 10.6 Å². The molecule has 2 aromatic rings. The van der Waals surface area contributed by atoms with Gasteiger partial charge in [-0.05, 0) is 19.1 Å². The molecule has 0 bridgehead atoms. The van der Waals surface area contributed by atoms with Gasteiger partial charge in [0.05, 0.1) is 17.7 Å². The molecule has 2 amide bonds. The van der Waals surface area contributed by atoms with Crippen molar-refractivity contribution in [2.75, 3.05) is 16.4 Å². The summed E-state index contributed by atoms with van der Waals surface area (Å²) >= 11 is 1.55. The molecule has 1 aromatic carbocycles. The predicted molar refractivity (Wildman–Crippen MR) is 87.8 cm³/mol. The Balaban J connectivity index is 1.99. The molecule has 0 spiro atoms. The van der Waals surface area contributed by atoms with Crippen LogP contribution in [0.15, 0.2) is 41.4 Å². The van der Waals surface area contributed by atoms with Crippen LogP contribution in [0.2, 0.25) is 0 Å². The molecule has 1 atom stereocenters. The lowest BCUT2D eigenvalue weighted by atomic mass is 10.3. The van der Waals surface area contributed by atoms with Crippen molar-refractivity contribution in [3.05, 3.63) is 36.5 Å². The van der Waals surface area contributed by atoms with Gasteiger partial charge < -0.3 is 5.32 Å². The number of benzene rings is 1. The minimum absolute atomic E-state index is 0.0413. The smallest absolute Gasteiger partial charge is 0.307 e. The number of amides is 2. The molecule has 2 N–H and O–H groups in total. The fraction of sp³-hybridized carbons (Fsp3) is 0.267. The molecule has 7 heteroatoms.